The van der Waals surface area contributed by atoms with E-state index in [0.717, 1.165) is 22.5 Å². The van der Waals surface area contributed by atoms with Crippen molar-refractivity contribution in [2.75, 3.05) is 10.6 Å². The Morgan fingerprint density at radius 2 is 1.91 bits per heavy atom. The van der Waals surface area contributed by atoms with E-state index in [1.807, 2.05) is 49.5 Å². The number of Topliss-reactive ketones (excluding diaryl/α,β-unsaturated/α-hetero) is 1. The fourth-order valence-corrected chi connectivity index (χ4v) is 4.18. The van der Waals surface area contributed by atoms with Gasteiger partial charge in [-0.05, 0) is 67.4 Å². The summed E-state index contributed by atoms with van der Waals surface area (Å²) in [5.74, 6) is 0.307. The molecule has 0 saturated carbocycles. The molecule has 1 atom stereocenters. The van der Waals surface area contributed by atoms with E-state index in [1.54, 1.807) is 25.1 Å². The first-order valence-electron chi connectivity index (χ1n) is 10.5. The largest absolute Gasteiger partial charge is 0.469 e. The summed E-state index contributed by atoms with van der Waals surface area (Å²) in [4.78, 5) is 26.1. The number of carbonyl (C=O) groups is 2. The van der Waals surface area contributed by atoms with Gasteiger partial charge in [-0.2, -0.15) is 0 Å². The van der Waals surface area contributed by atoms with Crippen LogP contribution in [0.25, 0.3) is 0 Å². The number of nitrogens with zero attached hydrogens (tertiary/aromatic N) is 1. The number of furan rings is 1. The molecular weight excluding hydrogens is 402 g/mol. The molecule has 0 aliphatic carbocycles. The average molecular weight is 425 g/mol. The van der Waals surface area contributed by atoms with Gasteiger partial charge in [0.1, 0.15) is 11.8 Å². The van der Waals surface area contributed by atoms with Crippen LogP contribution in [0.1, 0.15) is 49.3 Å². The van der Waals surface area contributed by atoms with Crippen molar-refractivity contribution in [3.8, 4) is 0 Å². The maximum atomic E-state index is 13.6. The summed E-state index contributed by atoms with van der Waals surface area (Å²) >= 11 is 0. The summed E-state index contributed by atoms with van der Waals surface area (Å²) < 4.78 is 7.32. The van der Waals surface area contributed by atoms with Gasteiger partial charge in [0.2, 0.25) is 0 Å². The lowest BCUT2D eigenvalue weighted by atomic mass is 9.98. The fraction of sp³-hybridized carbons (Fsp3) is 0.154. The molecule has 5 rings (SSSR count). The molecule has 4 aromatic rings. The monoisotopic (exact) mass is 425 g/mol. The summed E-state index contributed by atoms with van der Waals surface area (Å²) in [5.41, 5.74) is 5.59. The van der Waals surface area contributed by atoms with Crippen LogP contribution in [0.2, 0.25) is 0 Å². The molecule has 0 spiro atoms. The standard InChI is InChI=1S/C26H23N3O3/c1-16-14-18(9-10-21(16)28-26(31)20-11-13-32-17(20)2)25(30)24-23-8-5-12-29(23)15-19-6-3-4-7-22(19)27-24/h3-14,24,27H,15H2,1-2H3,(H,28,31). The van der Waals surface area contributed by atoms with Gasteiger partial charge in [0.25, 0.3) is 5.91 Å². The minimum atomic E-state index is -0.498. The molecule has 0 fully saturated rings. The van der Waals surface area contributed by atoms with Crippen LogP contribution in [0.3, 0.4) is 0 Å². The number of fused-ring (bicyclic) bond motifs is 2. The zero-order chi connectivity index (χ0) is 22.2. The average Bonchev–Trinajstić information content (AvgIpc) is 3.39. The number of benzene rings is 2. The second kappa shape index (κ2) is 7.89. The lowest BCUT2D eigenvalue weighted by Gasteiger charge is -2.19. The molecule has 1 amide bonds. The molecule has 0 bridgehead atoms. The number of nitrogens with one attached hydrogen (secondary N) is 2. The highest BCUT2D eigenvalue weighted by Gasteiger charge is 2.28. The number of ketones is 1. The van der Waals surface area contributed by atoms with E-state index >= 15 is 0 Å². The van der Waals surface area contributed by atoms with Crippen LogP contribution in [-0.4, -0.2) is 16.3 Å². The Hall–Kier alpha value is -4.06. The molecule has 2 N–H and O–H groups in total. The number of rotatable bonds is 4. The molecule has 3 heterocycles. The van der Waals surface area contributed by atoms with Crippen molar-refractivity contribution in [2.45, 2.75) is 26.4 Å². The zero-order valence-electron chi connectivity index (χ0n) is 17.9. The summed E-state index contributed by atoms with van der Waals surface area (Å²) in [5, 5.41) is 6.34. The van der Waals surface area contributed by atoms with Gasteiger partial charge < -0.3 is 19.6 Å². The van der Waals surface area contributed by atoms with Gasteiger partial charge >= 0.3 is 0 Å². The van der Waals surface area contributed by atoms with Crippen LogP contribution >= 0.6 is 0 Å². The second-order valence-corrected chi connectivity index (χ2v) is 8.03. The van der Waals surface area contributed by atoms with Crippen molar-refractivity contribution < 1.29 is 14.0 Å². The van der Waals surface area contributed by atoms with Crippen LogP contribution in [0.5, 0.6) is 0 Å². The third-order valence-corrected chi connectivity index (χ3v) is 5.94. The van der Waals surface area contributed by atoms with Gasteiger partial charge in [0.05, 0.1) is 11.8 Å². The van der Waals surface area contributed by atoms with Gasteiger partial charge in [0, 0.05) is 35.4 Å². The van der Waals surface area contributed by atoms with E-state index in [-0.39, 0.29) is 11.7 Å². The van der Waals surface area contributed by atoms with E-state index in [9.17, 15) is 9.59 Å². The number of aromatic nitrogens is 1. The quantitative estimate of drug-likeness (QED) is 0.432. The Labute approximate surface area is 185 Å². The molecule has 0 radical (unpaired) electrons. The van der Waals surface area contributed by atoms with Gasteiger partial charge in [-0.25, -0.2) is 0 Å². The molecule has 6 nitrogen and oxygen atoms in total. The van der Waals surface area contributed by atoms with Crippen molar-refractivity contribution >= 4 is 23.1 Å². The Kier molecular flexibility index (Phi) is 4.90. The van der Waals surface area contributed by atoms with Crippen molar-refractivity contribution in [1.29, 1.82) is 0 Å². The van der Waals surface area contributed by atoms with Crippen LogP contribution in [0.4, 0.5) is 11.4 Å². The van der Waals surface area contributed by atoms with Crippen LogP contribution in [-0.2, 0) is 6.54 Å². The number of hydrogen-bond acceptors (Lipinski definition) is 4. The minimum absolute atomic E-state index is 0.0201. The third kappa shape index (κ3) is 3.50. The fourth-order valence-electron chi connectivity index (χ4n) is 4.18. The van der Waals surface area contributed by atoms with E-state index in [1.165, 1.54) is 6.26 Å². The number of amides is 1. The number of para-hydroxylation sites is 1. The Bertz CT molecular complexity index is 1330. The number of aryl methyl sites for hydroxylation is 2. The molecule has 2 aromatic heterocycles. The molecular formula is C26H23N3O3. The highest BCUT2D eigenvalue weighted by Crippen LogP contribution is 2.31. The number of hydrogen-bond donors (Lipinski definition) is 2. The maximum absolute atomic E-state index is 13.6. The van der Waals surface area contributed by atoms with Crippen LogP contribution in [0.15, 0.2) is 77.5 Å². The highest BCUT2D eigenvalue weighted by molar-refractivity contribution is 6.06. The summed E-state index contributed by atoms with van der Waals surface area (Å²) in [6, 6.07) is 18.5. The molecule has 1 unspecified atom stereocenters. The van der Waals surface area contributed by atoms with Gasteiger partial charge in [-0.1, -0.05) is 18.2 Å². The molecule has 1 aliphatic rings. The highest BCUT2D eigenvalue weighted by atomic mass is 16.3. The van der Waals surface area contributed by atoms with Crippen molar-refractivity contribution in [3.05, 3.63) is 107 Å². The van der Waals surface area contributed by atoms with E-state index in [2.05, 4.69) is 21.3 Å². The van der Waals surface area contributed by atoms with E-state index in [0.29, 0.717) is 29.1 Å². The van der Waals surface area contributed by atoms with Crippen molar-refractivity contribution in [1.82, 2.24) is 4.57 Å². The van der Waals surface area contributed by atoms with E-state index < -0.39 is 6.04 Å². The van der Waals surface area contributed by atoms with Crippen molar-refractivity contribution in [2.24, 2.45) is 0 Å². The normalized spacial score (nSPS) is 14.6. The third-order valence-electron chi connectivity index (χ3n) is 5.94. The van der Waals surface area contributed by atoms with Crippen molar-refractivity contribution in [3.63, 3.8) is 0 Å². The first-order chi connectivity index (χ1) is 15.5. The predicted octanol–water partition coefficient (Wildman–Crippen LogP) is 5.35. The summed E-state index contributed by atoms with van der Waals surface area (Å²) in [7, 11) is 0. The van der Waals surface area contributed by atoms with Gasteiger partial charge in [-0.3, -0.25) is 9.59 Å². The minimum Gasteiger partial charge on any atom is -0.469 e. The van der Waals surface area contributed by atoms with E-state index in [4.69, 9.17) is 4.42 Å². The molecule has 160 valence electrons. The lowest BCUT2D eigenvalue weighted by molar-refractivity contribution is 0.0966. The topological polar surface area (TPSA) is 76.3 Å². The van der Waals surface area contributed by atoms with Gasteiger partial charge in [-0.15, -0.1) is 0 Å². The SMILES string of the molecule is Cc1cc(C(=O)C2Nc3ccccc3Cn3cccc32)ccc1NC(=O)c1ccoc1C. The van der Waals surface area contributed by atoms with Crippen LogP contribution in [0, 0.1) is 13.8 Å². The predicted molar refractivity (Wildman–Crippen MR) is 123 cm³/mol. The first kappa shape index (κ1) is 19.9. The number of anilines is 2. The van der Waals surface area contributed by atoms with Crippen LogP contribution < -0.4 is 10.6 Å². The zero-order valence-corrected chi connectivity index (χ0v) is 17.9. The second-order valence-electron chi connectivity index (χ2n) is 8.03. The van der Waals surface area contributed by atoms with Gasteiger partial charge in [0.15, 0.2) is 5.78 Å². The maximum Gasteiger partial charge on any atom is 0.259 e. The summed E-state index contributed by atoms with van der Waals surface area (Å²) in [6.45, 7) is 4.34. The summed E-state index contributed by atoms with van der Waals surface area (Å²) in [6.07, 6.45) is 3.49. The molecule has 6 heteroatoms. The lowest BCUT2D eigenvalue weighted by Crippen LogP contribution is -2.22. The smallest absolute Gasteiger partial charge is 0.259 e. The molecule has 32 heavy (non-hydrogen) atoms. The Balaban J connectivity index is 1.43. The first-order valence-corrected chi connectivity index (χ1v) is 10.5. The molecule has 1 aliphatic heterocycles. The Morgan fingerprint density at radius 3 is 2.69 bits per heavy atom. The molecule has 0 saturated heterocycles. The Morgan fingerprint density at radius 1 is 1.06 bits per heavy atom. The number of carbonyl (C=O) groups excluding carboxylic acids is 2. The molecule has 2 aromatic carbocycles.